The standard InChI is InChI=1S/C13H18FN3O4/c1-13(20)11(19)8(5-18)21-12(13)6-4-9(14)17(15)7-2-3-16-10(6)7/h2-4,6,8,11-12,16,18-20H,5,15H2,1H3/t6?,8-,11-,12+,13-/m1/s1. The molecule has 2 aliphatic heterocycles. The van der Waals surface area contributed by atoms with Crippen LogP contribution in [0.1, 0.15) is 18.5 Å². The Kier molecular flexibility index (Phi) is 3.30. The molecular formula is C13H18FN3O4. The van der Waals surface area contributed by atoms with Gasteiger partial charge < -0.3 is 25.0 Å². The first-order valence-electron chi connectivity index (χ1n) is 6.64. The van der Waals surface area contributed by atoms with Crippen LogP contribution < -0.4 is 10.9 Å². The molecule has 6 N–H and O–H groups in total. The number of rotatable bonds is 2. The third-order valence-corrected chi connectivity index (χ3v) is 4.25. The topological polar surface area (TPSA) is 115 Å². The summed E-state index contributed by atoms with van der Waals surface area (Å²) in [6.07, 6.45) is -0.270. The van der Waals surface area contributed by atoms with Crippen LogP contribution in [0.5, 0.6) is 0 Å². The van der Waals surface area contributed by atoms with Crippen LogP contribution in [0.4, 0.5) is 10.1 Å². The Morgan fingerprint density at radius 3 is 2.90 bits per heavy atom. The van der Waals surface area contributed by atoms with E-state index < -0.39 is 42.4 Å². The van der Waals surface area contributed by atoms with E-state index in [1.807, 2.05) is 0 Å². The van der Waals surface area contributed by atoms with Crippen molar-refractivity contribution < 1.29 is 24.4 Å². The predicted octanol–water partition coefficient (Wildman–Crippen LogP) is -0.526. The summed E-state index contributed by atoms with van der Waals surface area (Å²) in [7, 11) is 0. The Labute approximate surface area is 120 Å². The molecule has 116 valence electrons. The van der Waals surface area contributed by atoms with E-state index >= 15 is 0 Å². The van der Waals surface area contributed by atoms with Gasteiger partial charge in [-0.05, 0) is 19.1 Å². The molecule has 1 aromatic rings. The summed E-state index contributed by atoms with van der Waals surface area (Å²) < 4.78 is 19.5. The molecule has 0 radical (unpaired) electrons. The number of ether oxygens (including phenoxy) is 1. The van der Waals surface area contributed by atoms with Crippen molar-refractivity contribution in [2.45, 2.75) is 36.8 Å². The largest absolute Gasteiger partial charge is 0.394 e. The third-order valence-electron chi connectivity index (χ3n) is 4.25. The second-order valence-electron chi connectivity index (χ2n) is 5.61. The van der Waals surface area contributed by atoms with Crippen LogP contribution in [0.3, 0.4) is 0 Å². The fourth-order valence-corrected chi connectivity index (χ4v) is 3.05. The smallest absolute Gasteiger partial charge is 0.205 e. The van der Waals surface area contributed by atoms with Crippen molar-refractivity contribution in [3.63, 3.8) is 0 Å². The molecule has 0 amide bonds. The Balaban J connectivity index is 2.01. The van der Waals surface area contributed by atoms with Gasteiger partial charge in [0.15, 0.2) is 0 Å². The highest BCUT2D eigenvalue weighted by molar-refractivity contribution is 5.59. The van der Waals surface area contributed by atoms with E-state index in [4.69, 9.17) is 10.6 Å². The summed E-state index contributed by atoms with van der Waals surface area (Å²) in [5.74, 6) is 4.29. The van der Waals surface area contributed by atoms with Crippen LogP contribution in [-0.2, 0) is 4.74 Å². The van der Waals surface area contributed by atoms with Gasteiger partial charge in [-0.25, -0.2) is 5.84 Å². The summed E-state index contributed by atoms with van der Waals surface area (Å²) in [6.45, 7) is 0.967. The fourth-order valence-electron chi connectivity index (χ4n) is 3.05. The summed E-state index contributed by atoms with van der Waals surface area (Å²) in [5.41, 5.74) is -0.620. The number of aliphatic hydroxyl groups is 3. The van der Waals surface area contributed by atoms with E-state index in [1.54, 1.807) is 12.3 Å². The van der Waals surface area contributed by atoms with E-state index in [0.717, 1.165) is 5.01 Å². The van der Waals surface area contributed by atoms with Gasteiger partial charge >= 0.3 is 0 Å². The lowest BCUT2D eigenvalue weighted by Crippen LogP contribution is -2.48. The first kappa shape index (κ1) is 14.5. The Bertz CT molecular complexity index is 574. The number of aromatic nitrogens is 1. The number of aromatic amines is 1. The lowest BCUT2D eigenvalue weighted by molar-refractivity contribution is -0.0679. The SMILES string of the molecule is C[C@@]1(O)[C@H](O)[C@@H](CO)O[C@H]1C1C=C(F)N(N)c2cc[nH]c21. The Morgan fingerprint density at radius 2 is 2.29 bits per heavy atom. The highest BCUT2D eigenvalue weighted by Gasteiger charge is 2.55. The number of hydrogen-bond donors (Lipinski definition) is 5. The second-order valence-corrected chi connectivity index (χ2v) is 5.61. The lowest BCUT2D eigenvalue weighted by Gasteiger charge is -2.34. The molecule has 1 saturated heterocycles. The van der Waals surface area contributed by atoms with Crippen molar-refractivity contribution in [1.29, 1.82) is 0 Å². The van der Waals surface area contributed by atoms with E-state index in [9.17, 15) is 19.7 Å². The minimum absolute atomic E-state index is 0.432. The molecule has 0 aromatic carbocycles. The highest BCUT2D eigenvalue weighted by atomic mass is 19.1. The average Bonchev–Trinajstić information content (AvgIpc) is 3.00. The van der Waals surface area contributed by atoms with Crippen molar-refractivity contribution in [3.05, 3.63) is 30.0 Å². The van der Waals surface area contributed by atoms with Crippen LogP contribution in [0.15, 0.2) is 24.3 Å². The zero-order valence-electron chi connectivity index (χ0n) is 11.4. The van der Waals surface area contributed by atoms with Gasteiger partial charge in [-0.1, -0.05) is 0 Å². The van der Waals surface area contributed by atoms with Gasteiger partial charge in [0, 0.05) is 6.20 Å². The molecular weight excluding hydrogens is 281 g/mol. The number of nitrogens with two attached hydrogens (primary N) is 1. The first-order chi connectivity index (χ1) is 9.87. The summed E-state index contributed by atoms with van der Waals surface area (Å²) in [6, 6.07) is 1.61. The van der Waals surface area contributed by atoms with Crippen molar-refractivity contribution in [1.82, 2.24) is 4.98 Å². The number of H-pyrrole nitrogens is 1. The molecule has 0 bridgehead atoms. The maximum atomic E-state index is 14.0. The third kappa shape index (κ3) is 1.99. The number of aliphatic hydroxyl groups excluding tert-OH is 2. The predicted molar refractivity (Wildman–Crippen MR) is 71.8 cm³/mol. The molecule has 1 aromatic heterocycles. The number of hydrazine groups is 1. The normalized spacial score (nSPS) is 39.3. The second kappa shape index (κ2) is 4.79. The number of hydrogen-bond acceptors (Lipinski definition) is 6. The molecule has 7 nitrogen and oxygen atoms in total. The summed E-state index contributed by atoms with van der Waals surface area (Å²) in [5, 5.41) is 30.6. The van der Waals surface area contributed by atoms with Gasteiger partial charge in [0.2, 0.25) is 5.95 Å². The van der Waals surface area contributed by atoms with Gasteiger partial charge in [-0.15, -0.1) is 0 Å². The summed E-state index contributed by atoms with van der Waals surface area (Å²) >= 11 is 0. The zero-order chi connectivity index (χ0) is 15.4. The van der Waals surface area contributed by atoms with Crippen LogP contribution in [0.25, 0.3) is 0 Å². The molecule has 1 fully saturated rings. The number of fused-ring (bicyclic) bond motifs is 1. The van der Waals surface area contributed by atoms with Crippen molar-refractivity contribution in [2.24, 2.45) is 5.84 Å². The molecule has 0 saturated carbocycles. The molecule has 5 atom stereocenters. The van der Waals surface area contributed by atoms with E-state index in [1.165, 1.54) is 13.0 Å². The van der Waals surface area contributed by atoms with Crippen LogP contribution in [-0.4, -0.2) is 50.8 Å². The number of nitrogens with zero attached hydrogens (tertiary/aromatic N) is 1. The maximum Gasteiger partial charge on any atom is 0.205 e. The van der Waals surface area contributed by atoms with Gasteiger partial charge in [-0.2, -0.15) is 4.39 Å². The first-order valence-corrected chi connectivity index (χ1v) is 6.64. The minimum Gasteiger partial charge on any atom is -0.394 e. The number of nitrogens with one attached hydrogen (secondary N) is 1. The summed E-state index contributed by atoms with van der Waals surface area (Å²) in [4.78, 5) is 2.95. The maximum absolute atomic E-state index is 14.0. The minimum atomic E-state index is -1.63. The Morgan fingerprint density at radius 1 is 1.57 bits per heavy atom. The van der Waals surface area contributed by atoms with Crippen LogP contribution in [0, 0.1) is 0 Å². The van der Waals surface area contributed by atoms with Crippen molar-refractivity contribution in [2.75, 3.05) is 11.6 Å². The van der Waals surface area contributed by atoms with Crippen LogP contribution >= 0.6 is 0 Å². The number of halogens is 1. The molecule has 3 heterocycles. The quantitative estimate of drug-likeness (QED) is 0.371. The molecule has 3 rings (SSSR count). The van der Waals surface area contributed by atoms with Gasteiger partial charge in [0.1, 0.15) is 23.9 Å². The zero-order valence-corrected chi connectivity index (χ0v) is 11.4. The number of anilines is 1. The van der Waals surface area contributed by atoms with E-state index in [2.05, 4.69) is 4.98 Å². The van der Waals surface area contributed by atoms with Crippen molar-refractivity contribution >= 4 is 5.69 Å². The molecule has 8 heteroatoms. The van der Waals surface area contributed by atoms with E-state index in [0.29, 0.717) is 11.4 Å². The molecule has 1 unspecified atom stereocenters. The average molecular weight is 299 g/mol. The molecule has 0 aliphatic carbocycles. The van der Waals surface area contributed by atoms with Crippen molar-refractivity contribution in [3.8, 4) is 0 Å². The molecule has 2 aliphatic rings. The monoisotopic (exact) mass is 299 g/mol. The highest BCUT2D eigenvalue weighted by Crippen LogP contribution is 2.44. The van der Waals surface area contributed by atoms with Crippen LogP contribution in [0.2, 0.25) is 0 Å². The lowest BCUT2D eigenvalue weighted by atomic mass is 9.82. The van der Waals surface area contributed by atoms with Gasteiger partial charge in [0.05, 0.1) is 23.9 Å². The van der Waals surface area contributed by atoms with Gasteiger partial charge in [-0.3, -0.25) is 5.01 Å². The molecule has 21 heavy (non-hydrogen) atoms. The molecule has 0 spiro atoms. The Hall–Kier alpha value is -1.45. The fraction of sp³-hybridized carbons (Fsp3) is 0.538. The van der Waals surface area contributed by atoms with E-state index in [-0.39, 0.29) is 0 Å². The van der Waals surface area contributed by atoms with Gasteiger partial charge in [0.25, 0.3) is 0 Å².